The van der Waals surface area contributed by atoms with Gasteiger partial charge in [0.2, 0.25) is 5.91 Å². The quantitative estimate of drug-likeness (QED) is 0.797. The number of hydrogen-bond acceptors (Lipinski definition) is 5. The van der Waals surface area contributed by atoms with Crippen molar-refractivity contribution in [2.75, 3.05) is 13.1 Å². The Morgan fingerprint density at radius 2 is 2.21 bits per heavy atom. The van der Waals surface area contributed by atoms with Gasteiger partial charge in [0.15, 0.2) is 0 Å². The van der Waals surface area contributed by atoms with Gasteiger partial charge in [-0.2, -0.15) is 0 Å². The molecule has 2 unspecified atom stereocenters. The summed E-state index contributed by atoms with van der Waals surface area (Å²) in [5, 5.41) is 2.89. The molecule has 2 aromatic rings. The Labute approximate surface area is 167 Å². The predicted molar refractivity (Wildman–Crippen MR) is 107 cm³/mol. The van der Waals surface area contributed by atoms with E-state index in [-0.39, 0.29) is 36.8 Å². The number of aromatic nitrogens is 1. The van der Waals surface area contributed by atoms with E-state index >= 15 is 0 Å². The van der Waals surface area contributed by atoms with Crippen LogP contribution in [-0.4, -0.2) is 34.9 Å². The molecule has 2 aromatic heterocycles. The molecular weight excluding hydrogens is 409 g/mol. The van der Waals surface area contributed by atoms with Crippen molar-refractivity contribution in [2.45, 2.75) is 25.8 Å². The Morgan fingerprint density at radius 3 is 2.79 bits per heavy atom. The highest BCUT2D eigenvalue weighted by molar-refractivity contribution is 7.23. The molecule has 4 nitrogen and oxygen atoms in total. The maximum Gasteiger partial charge on any atom is 0.228 e. The van der Waals surface area contributed by atoms with E-state index in [1.54, 1.807) is 11.3 Å². The van der Waals surface area contributed by atoms with Crippen molar-refractivity contribution < 1.29 is 4.79 Å². The molecule has 0 spiro atoms. The number of rotatable bonds is 4. The molecule has 0 saturated carbocycles. The number of carbonyl (C=O) groups excluding carboxylic acids is 1. The fourth-order valence-electron chi connectivity index (χ4n) is 2.85. The van der Waals surface area contributed by atoms with E-state index in [2.05, 4.69) is 11.9 Å². The molecular formula is C15H20Cl3N3OS2. The number of nitrogens with zero attached hydrogens (tertiary/aromatic N) is 2. The first kappa shape index (κ1) is 21.7. The van der Waals surface area contributed by atoms with Crippen LogP contribution in [0.3, 0.4) is 0 Å². The van der Waals surface area contributed by atoms with E-state index in [1.165, 1.54) is 11.3 Å². The number of carbonyl (C=O) groups is 1. The average Bonchev–Trinajstić information content (AvgIpc) is 3.18. The molecule has 1 fully saturated rings. The maximum absolute atomic E-state index is 12.5. The minimum atomic E-state index is 0. The molecule has 0 bridgehead atoms. The molecule has 1 aliphatic rings. The van der Waals surface area contributed by atoms with Crippen LogP contribution >= 0.6 is 59.1 Å². The Hall–Kier alpha value is -0.370. The van der Waals surface area contributed by atoms with E-state index in [1.807, 2.05) is 22.4 Å². The predicted octanol–water partition coefficient (Wildman–Crippen LogP) is 4.11. The summed E-state index contributed by atoms with van der Waals surface area (Å²) in [7, 11) is 0. The number of thiophene rings is 1. The Balaban J connectivity index is 0.00000144. The van der Waals surface area contributed by atoms with Crippen LogP contribution in [0, 0.1) is 5.92 Å². The van der Waals surface area contributed by atoms with E-state index < -0.39 is 0 Å². The molecule has 1 saturated heterocycles. The fraction of sp³-hybridized carbons (Fsp3) is 0.467. The smallest absolute Gasteiger partial charge is 0.228 e. The van der Waals surface area contributed by atoms with Crippen LogP contribution in [-0.2, 0) is 11.2 Å². The van der Waals surface area contributed by atoms with Crippen molar-refractivity contribution in [3.63, 3.8) is 0 Å². The lowest BCUT2D eigenvalue weighted by Gasteiger charge is -2.21. The lowest BCUT2D eigenvalue weighted by atomic mass is 10.1. The molecule has 3 rings (SSSR count). The highest BCUT2D eigenvalue weighted by Crippen LogP contribution is 2.33. The zero-order chi connectivity index (χ0) is 15.7. The lowest BCUT2D eigenvalue weighted by molar-refractivity contribution is -0.131. The fourth-order valence-corrected chi connectivity index (χ4v) is 4.78. The topological polar surface area (TPSA) is 59.2 Å². The van der Waals surface area contributed by atoms with Gasteiger partial charge in [-0.05, 0) is 37.9 Å². The van der Waals surface area contributed by atoms with Gasteiger partial charge >= 0.3 is 0 Å². The summed E-state index contributed by atoms with van der Waals surface area (Å²) in [6, 6.07) is 4.11. The molecule has 0 aliphatic carbocycles. The molecule has 1 aliphatic heterocycles. The van der Waals surface area contributed by atoms with Gasteiger partial charge in [0.05, 0.1) is 21.3 Å². The van der Waals surface area contributed by atoms with Crippen LogP contribution < -0.4 is 5.73 Å². The summed E-state index contributed by atoms with van der Waals surface area (Å²) < 4.78 is 0.751. The second kappa shape index (κ2) is 9.36. The molecule has 2 N–H and O–H groups in total. The summed E-state index contributed by atoms with van der Waals surface area (Å²) in [6.45, 7) is 3.51. The minimum absolute atomic E-state index is 0. The normalized spacial score (nSPS) is 19.7. The van der Waals surface area contributed by atoms with Crippen molar-refractivity contribution in [2.24, 2.45) is 11.7 Å². The molecule has 134 valence electrons. The van der Waals surface area contributed by atoms with E-state index in [4.69, 9.17) is 17.3 Å². The molecule has 24 heavy (non-hydrogen) atoms. The molecule has 0 radical (unpaired) electrons. The zero-order valence-corrected chi connectivity index (χ0v) is 17.1. The Kier molecular flexibility index (Phi) is 8.45. The number of halogens is 3. The monoisotopic (exact) mass is 427 g/mol. The standard InChI is InChI=1S/C15H18ClN3OS2.2ClH/c1-9-4-10(6-17)7-19(9)14(20)5-11-8-21-15(18-11)12-2-3-13(16)22-12;;/h2-3,8-10H,4-7,17H2,1H3;2*1H. The first-order valence-corrected chi connectivity index (χ1v) is 9.34. The van der Waals surface area contributed by atoms with E-state index in [9.17, 15) is 4.79 Å². The van der Waals surface area contributed by atoms with Crippen molar-refractivity contribution in [1.29, 1.82) is 0 Å². The van der Waals surface area contributed by atoms with Gasteiger partial charge in [-0.15, -0.1) is 47.5 Å². The van der Waals surface area contributed by atoms with Gasteiger partial charge in [0.1, 0.15) is 5.01 Å². The number of nitrogens with two attached hydrogens (primary N) is 1. The Morgan fingerprint density at radius 1 is 1.46 bits per heavy atom. The molecule has 1 amide bonds. The van der Waals surface area contributed by atoms with Gasteiger partial charge < -0.3 is 10.6 Å². The molecule has 9 heteroatoms. The van der Waals surface area contributed by atoms with Crippen molar-refractivity contribution in [3.8, 4) is 9.88 Å². The highest BCUT2D eigenvalue weighted by Gasteiger charge is 2.31. The van der Waals surface area contributed by atoms with E-state index in [0.29, 0.717) is 18.9 Å². The van der Waals surface area contributed by atoms with Gasteiger partial charge in [-0.3, -0.25) is 4.79 Å². The van der Waals surface area contributed by atoms with Gasteiger partial charge in [-0.25, -0.2) is 4.98 Å². The SMILES string of the molecule is CC1CC(CN)CN1C(=O)Cc1csc(-c2ccc(Cl)s2)n1.Cl.Cl. The van der Waals surface area contributed by atoms with Crippen LogP contribution in [0.25, 0.3) is 9.88 Å². The van der Waals surface area contributed by atoms with Crippen LogP contribution in [0.5, 0.6) is 0 Å². The second-order valence-corrected chi connectivity index (χ2v) is 8.23. The van der Waals surface area contributed by atoms with Crippen molar-refractivity contribution in [1.82, 2.24) is 9.88 Å². The highest BCUT2D eigenvalue weighted by atomic mass is 35.5. The van der Waals surface area contributed by atoms with Gasteiger partial charge in [0.25, 0.3) is 0 Å². The van der Waals surface area contributed by atoms with Crippen LogP contribution in [0.4, 0.5) is 0 Å². The summed E-state index contributed by atoms with van der Waals surface area (Å²) in [5.41, 5.74) is 6.55. The van der Waals surface area contributed by atoms with Crippen molar-refractivity contribution >= 4 is 65.0 Å². The van der Waals surface area contributed by atoms with Crippen LogP contribution in [0.1, 0.15) is 19.0 Å². The first-order chi connectivity index (χ1) is 10.6. The third-order valence-corrected chi connectivity index (χ3v) is 6.27. The number of thiazole rings is 1. The first-order valence-electron chi connectivity index (χ1n) is 7.26. The minimum Gasteiger partial charge on any atom is -0.339 e. The average molecular weight is 429 g/mol. The summed E-state index contributed by atoms with van der Waals surface area (Å²) in [6.07, 6.45) is 1.36. The summed E-state index contributed by atoms with van der Waals surface area (Å²) in [5.74, 6) is 0.572. The van der Waals surface area contributed by atoms with Crippen LogP contribution in [0.2, 0.25) is 4.34 Å². The van der Waals surface area contributed by atoms with Gasteiger partial charge in [0, 0.05) is 18.0 Å². The number of amides is 1. The van der Waals surface area contributed by atoms with Crippen LogP contribution in [0.15, 0.2) is 17.5 Å². The van der Waals surface area contributed by atoms with E-state index in [0.717, 1.165) is 32.9 Å². The number of hydrogen-bond donors (Lipinski definition) is 1. The summed E-state index contributed by atoms with van der Waals surface area (Å²) in [4.78, 5) is 20.0. The largest absolute Gasteiger partial charge is 0.339 e. The van der Waals surface area contributed by atoms with Gasteiger partial charge in [-0.1, -0.05) is 11.6 Å². The lowest BCUT2D eigenvalue weighted by Crippen LogP contribution is -2.35. The Bertz CT molecular complexity index is 676. The zero-order valence-electron chi connectivity index (χ0n) is 13.1. The molecule has 3 heterocycles. The summed E-state index contributed by atoms with van der Waals surface area (Å²) >= 11 is 9.02. The maximum atomic E-state index is 12.5. The second-order valence-electron chi connectivity index (χ2n) is 5.66. The third-order valence-electron chi connectivity index (χ3n) is 3.98. The molecule has 2 atom stereocenters. The molecule has 0 aromatic carbocycles. The number of likely N-dealkylation sites (tertiary alicyclic amines) is 1. The third kappa shape index (κ3) is 4.84. The van der Waals surface area contributed by atoms with Crippen molar-refractivity contribution in [3.05, 3.63) is 27.5 Å².